The van der Waals surface area contributed by atoms with Gasteiger partial charge >= 0.3 is 5.97 Å². The predicted molar refractivity (Wildman–Crippen MR) is 81.9 cm³/mol. The van der Waals surface area contributed by atoms with Gasteiger partial charge in [-0.15, -0.1) is 0 Å². The molecule has 1 aromatic heterocycles. The van der Waals surface area contributed by atoms with Gasteiger partial charge in [-0.3, -0.25) is 5.10 Å². The van der Waals surface area contributed by atoms with Crippen LogP contribution in [-0.2, 0) is 4.74 Å². The molecule has 2 aromatic carbocycles. The average Bonchev–Trinajstić information content (AvgIpc) is 2.90. The van der Waals surface area contributed by atoms with Crippen molar-refractivity contribution in [1.82, 2.24) is 10.2 Å². The van der Waals surface area contributed by atoms with Crippen LogP contribution in [0.25, 0.3) is 22.0 Å². The molecule has 106 valence electrons. The van der Waals surface area contributed by atoms with Crippen molar-refractivity contribution in [2.45, 2.75) is 6.92 Å². The van der Waals surface area contributed by atoms with E-state index in [1.165, 1.54) is 0 Å². The maximum Gasteiger partial charge on any atom is 0.359 e. The number of H-pyrrole nitrogens is 1. The van der Waals surface area contributed by atoms with E-state index in [1.807, 2.05) is 42.5 Å². The first-order valence-corrected chi connectivity index (χ1v) is 6.70. The second-order valence-corrected chi connectivity index (χ2v) is 4.68. The largest absolute Gasteiger partial charge is 0.461 e. The van der Waals surface area contributed by atoms with Crippen LogP contribution in [0, 0.1) is 0 Å². The normalized spacial score (nSPS) is 10.7. The first-order valence-electron chi connectivity index (χ1n) is 6.70. The summed E-state index contributed by atoms with van der Waals surface area (Å²) < 4.78 is 4.99. The molecule has 0 aliphatic heterocycles. The number of hydrogen-bond acceptors (Lipinski definition) is 4. The van der Waals surface area contributed by atoms with Crippen LogP contribution in [0.3, 0.4) is 0 Å². The summed E-state index contributed by atoms with van der Waals surface area (Å²) in [6.45, 7) is 2.10. The molecule has 5 heteroatoms. The molecule has 1 heterocycles. The highest BCUT2D eigenvalue weighted by atomic mass is 16.5. The summed E-state index contributed by atoms with van der Waals surface area (Å²) in [7, 11) is 0. The summed E-state index contributed by atoms with van der Waals surface area (Å²) in [6, 6.07) is 13.4. The predicted octanol–water partition coefficient (Wildman–Crippen LogP) is 2.99. The molecule has 0 amide bonds. The Balaban J connectivity index is 2.04. The first-order chi connectivity index (χ1) is 10.2. The van der Waals surface area contributed by atoms with E-state index in [0.717, 1.165) is 22.0 Å². The summed E-state index contributed by atoms with van der Waals surface area (Å²) >= 11 is 0. The SMILES string of the molecule is CCOC(=O)c1n[nH]c2cc(-c3cccc(N)c3)ccc12. The number of nitrogens with zero attached hydrogens (tertiary/aromatic N) is 1. The van der Waals surface area contributed by atoms with E-state index in [-0.39, 0.29) is 0 Å². The number of anilines is 1. The molecular formula is C16H15N3O2. The fourth-order valence-electron chi connectivity index (χ4n) is 2.27. The van der Waals surface area contributed by atoms with Crippen LogP contribution >= 0.6 is 0 Å². The number of carbonyl (C=O) groups is 1. The van der Waals surface area contributed by atoms with E-state index in [2.05, 4.69) is 10.2 Å². The molecule has 0 aliphatic rings. The number of nitrogen functional groups attached to an aromatic ring is 1. The highest BCUT2D eigenvalue weighted by Crippen LogP contribution is 2.26. The number of nitrogens with two attached hydrogens (primary N) is 1. The summed E-state index contributed by atoms with van der Waals surface area (Å²) in [5, 5.41) is 7.66. The van der Waals surface area contributed by atoms with Crippen molar-refractivity contribution in [3.05, 3.63) is 48.2 Å². The van der Waals surface area contributed by atoms with Crippen molar-refractivity contribution in [3.8, 4) is 11.1 Å². The molecule has 3 N–H and O–H groups in total. The smallest absolute Gasteiger partial charge is 0.359 e. The number of aromatic nitrogens is 2. The van der Waals surface area contributed by atoms with Crippen LogP contribution in [0.15, 0.2) is 42.5 Å². The van der Waals surface area contributed by atoms with Crippen LogP contribution in [0.4, 0.5) is 5.69 Å². The Morgan fingerprint density at radius 1 is 1.24 bits per heavy atom. The fraction of sp³-hybridized carbons (Fsp3) is 0.125. The van der Waals surface area contributed by atoms with Crippen LogP contribution in [0.1, 0.15) is 17.4 Å². The van der Waals surface area contributed by atoms with Crippen molar-refractivity contribution < 1.29 is 9.53 Å². The van der Waals surface area contributed by atoms with Crippen molar-refractivity contribution in [2.75, 3.05) is 12.3 Å². The highest BCUT2D eigenvalue weighted by molar-refractivity contribution is 6.02. The third-order valence-corrected chi connectivity index (χ3v) is 3.25. The molecule has 0 atom stereocenters. The van der Waals surface area contributed by atoms with Gasteiger partial charge in [-0.2, -0.15) is 5.10 Å². The molecule has 0 aliphatic carbocycles. The van der Waals surface area contributed by atoms with Gasteiger partial charge in [0.15, 0.2) is 5.69 Å². The third-order valence-electron chi connectivity index (χ3n) is 3.25. The van der Waals surface area contributed by atoms with Crippen molar-refractivity contribution in [3.63, 3.8) is 0 Å². The molecule has 0 fully saturated rings. The summed E-state index contributed by atoms with van der Waals surface area (Å²) in [5.41, 5.74) is 9.64. The zero-order valence-corrected chi connectivity index (χ0v) is 11.6. The maximum atomic E-state index is 11.8. The zero-order valence-electron chi connectivity index (χ0n) is 11.6. The topological polar surface area (TPSA) is 81.0 Å². The van der Waals surface area contributed by atoms with Crippen LogP contribution in [0.2, 0.25) is 0 Å². The monoisotopic (exact) mass is 281 g/mol. The Morgan fingerprint density at radius 3 is 2.81 bits per heavy atom. The maximum absolute atomic E-state index is 11.8. The summed E-state index contributed by atoms with van der Waals surface area (Å²) in [5.74, 6) is -0.416. The molecule has 0 saturated carbocycles. The second kappa shape index (κ2) is 5.28. The van der Waals surface area contributed by atoms with Crippen molar-refractivity contribution >= 4 is 22.6 Å². The number of aromatic amines is 1. The quantitative estimate of drug-likeness (QED) is 0.571. The van der Waals surface area contributed by atoms with Gasteiger partial charge in [0.25, 0.3) is 0 Å². The molecule has 21 heavy (non-hydrogen) atoms. The third kappa shape index (κ3) is 2.45. The minimum absolute atomic E-state index is 0.311. The van der Waals surface area contributed by atoms with E-state index in [0.29, 0.717) is 18.0 Å². The minimum atomic E-state index is -0.416. The molecular weight excluding hydrogens is 266 g/mol. The number of hydrogen-bond donors (Lipinski definition) is 2. The Labute approximate surface area is 121 Å². The number of ether oxygens (including phenoxy) is 1. The van der Waals surface area contributed by atoms with Gasteiger partial charge in [-0.1, -0.05) is 18.2 Å². The fourth-order valence-corrected chi connectivity index (χ4v) is 2.27. The molecule has 5 nitrogen and oxygen atoms in total. The Hall–Kier alpha value is -2.82. The first kappa shape index (κ1) is 13.2. The number of benzene rings is 2. The van der Waals surface area contributed by atoms with Gasteiger partial charge in [-0.25, -0.2) is 4.79 Å². The van der Waals surface area contributed by atoms with Gasteiger partial charge in [0, 0.05) is 11.1 Å². The number of rotatable bonds is 3. The van der Waals surface area contributed by atoms with Gasteiger partial charge in [0.2, 0.25) is 0 Å². The lowest BCUT2D eigenvalue weighted by Crippen LogP contribution is -2.05. The minimum Gasteiger partial charge on any atom is -0.461 e. The van der Waals surface area contributed by atoms with E-state index in [9.17, 15) is 4.79 Å². The van der Waals surface area contributed by atoms with Crippen molar-refractivity contribution in [2.24, 2.45) is 0 Å². The molecule has 0 unspecified atom stereocenters. The highest BCUT2D eigenvalue weighted by Gasteiger charge is 2.15. The van der Waals surface area contributed by atoms with Gasteiger partial charge in [0.05, 0.1) is 12.1 Å². The molecule has 0 saturated heterocycles. The van der Waals surface area contributed by atoms with E-state index >= 15 is 0 Å². The summed E-state index contributed by atoms with van der Waals surface area (Å²) in [6.07, 6.45) is 0. The van der Waals surface area contributed by atoms with Crippen molar-refractivity contribution in [1.29, 1.82) is 0 Å². The lowest BCUT2D eigenvalue weighted by Gasteiger charge is -2.03. The molecule has 0 spiro atoms. The number of esters is 1. The van der Waals surface area contributed by atoms with E-state index in [1.54, 1.807) is 6.92 Å². The molecule has 0 bridgehead atoms. The Bertz CT molecular complexity index is 808. The van der Waals surface area contributed by atoms with Gasteiger partial charge in [-0.05, 0) is 42.3 Å². The lowest BCUT2D eigenvalue weighted by molar-refractivity contribution is 0.0521. The standard InChI is InChI=1S/C16H15N3O2/c1-2-21-16(20)15-13-7-6-11(9-14(13)18-19-15)10-4-3-5-12(17)8-10/h3-9H,2,17H2,1H3,(H,18,19). The molecule has 3 aromatic rings. The zero-order chi connectivity index (χ0) is 14.8. The second-order valence-electron chi connectivity index (χ2n) is 4.68. The number of fused-ring (bicyclic) bond motifs is 1. The molecule has 0 radical (unpaired) electrons. The number of carbonyl (C=O) groups excluding carboxylic acids is 1. The van der Waals surface area contributed by atoms with E-state index in [4.69, 9.17) is 10.5 Å². The van der Waals surface area contributed by atoms with Crippen LogP contribution < -0.4 is 5.73 Å². The average molecular weight is 281 g/mol. The van der Waals surface area contributed by atoms with Gasteiger partial charge in [0.1, 0.15) is 0 Å². The molecule has 3 rings (SSSR count). The van der Waals surface area contributed by atoms with E-state index < -0.39 is 5.97 Å². The Morgan fingerprint density at radius 2 is 2.05 bits per heavy atom. The van der Waals surface area contributed by atoms with Gasteiger partial charge < -0.3 is 10.5 Å². The lowest BCUT2D eigenvalue weighted by atomic mass is 10.0. The van der Waals surface area contributed by atoms with Crippen LogP contribution in [0.5, 0.6) is 0 Å². The summed E-state index contributed by atoms with van der Waals surface area (Å²) in [4.78, 5) is 11.8. The Kier molecular flexibility index (Phi) is 3.31. The number of nitrogens with one attached hydrogen (secondary N) is 1. The van der Waals surface area contributed by atoms with Crippen LogP contribution in [-0.4, -0.2) is 22.8 Å².